The predicted molar refractivity (Wildman–Crippen MR) is 88.6 cm³/mol. The van der Waals surface area contributed by atoms with Crippen molar-refractivity contribution in [2.24, 2.45) is 0 Å². The Labute approximate surface area is 132 Å². The van der Waals surface area contributed by atoms with Gasteiger partial charge in [0.2, 0.25) is 0 Å². The Morgan fingerprint density at radius 2 is 1.68 bits per heavy atom. The van der Waals surface area contributed by atoms with E-state index in [2.05, 4.69) is 13.2 Å². The number of ketones is 1. The summed E-state index contributed by atoms with van der Waals surface area (Å²) in [6.45, 7) is 14.6. The van der Waals surface area contributed by atoms with Crippen LogP contribution in [0.3, 0.4) is 0 Å². The molecular weight excluding hydrogens is 276 g/mol. The van der Waals surface area contributed by atoms with Crippen LogP contribution in [-0.2, 0) is 25.3 Å². The van der Waals surface area contributed by atoms with Gasteiger partial charge in [0.1, 0.15) is 5.60 Å². The van der Waals surface area contributed by atoms with Gasteiger partial charge in [0.25, 0.3) is 0 Å². The van der Waals surface area contributed by atoms with Crippen molar-refractivity contribution in [3.8, 4) is 0 Å². The lowest BCUT2D eigenvalue weighted by Crippen LogP contribution is -2.26. The third-order valence-electron chi connectivity index (χ3n) is 3.71. The molecule has 3 heteroatoms. The van der Waals surface area contributed by atoms with Gasteiger partial charge in [0.15, 0.2) is 5.78 Å². The molecular formula is C19H24O3. The quantitative estimate of drug-likeness (QED) is 0.563. The van der Waals surface area contributed by atoms with E-state index < -0.39 is 11.6 Å². The van der Waals surface area contributed by atoms with Crippen molar-refractivity contribution in [2.75, 3.05) is 0 Å². The topological polar surface area (TPSA) is 43.4 Å². The van der Waals surface area contributed by atoms with Gasteiger partial charge in [-0.2, -0.15) is 0 Å². The predicted octanol–water partition coefficient (Wildman–Crippen LogP) is 4.07. The van der Waals surface area contributed by atoms with E-state index in [9.17, 15) is 9.59 Å². The molecule has 0 N–H and O–H groups in total. The lowest BCUT2D eigenvalue weighted by atomic mass is 9.78. The minimum Gasteiger partial charge on any atom is -0.452 e. The first-order chi connectivity index (χ1) is 10.1. The highest BCUT2D eigenvalue weighted by Crippen LogP contribution is 2.32. The van der Waals surface area contributed by atoms with E-state index >= 15 is 0 Å². The number of allylic oxidation sites excluding steroid dienone is 1. The van der Waals surface area contributed by atoms with Gasteiger partial charge >= 0.3 is 5.97 Å². The van der Waals surface area contributed by atoms with Crippen molar-refractivity contribution >= 4 is 11.8 Å². The van der Waals surface area contributed by atoms with Gasteiger partial charge in [0.05, 0.1) is 0 Å². The van der Waals surface area contributed by atoms with Crippen LogP contribution in [0.2, 0.25) is 0 Å². The molecule has 0 aliphatic heterocycles. The molecule has 0 atom stereocenters. The second kappa shape index (κ2) is 6.73. The number of rotatable bonds is 7. The molecule has 0 spiro atoms. The molecule has 0 bridgehead atoms. The molecule has 0 aromatic heterocycles. The molecule has 0 aliphatic carbocycles. The zero-order valence-electron chi connectivity index (χ0n) is 13.8. The van der Waals surface area contributed by atoms with E-state index in [0.717, 1.165) is 17.2 Å². The second-order valence-corrected chi connectivity index (χ2v) is 6.45. The highest BCUT2D eigenvalue weighted by atomic mass is 16.6. The van der Waals surface area contributed by atoms with Crippen LogP contribution >= 0.6 is 0 Å². The second-order valence-electron chi connectivity index (χ2n) is 6.45. The molecule has 0 saturated carbocycles. The van der Waals surface area contributed by atoms with Gasteiger partial charge in [-0.15, -0.1) is 0 Å². The summed E-state index contributed by atoms with van der Waals surface area (Å²) in [5, 5.41) is 0. The molecule has 3 nitrogen and oxygen atoms in total. The molecule has 0 radical (unpaired) electrons. The van der Waals surface area contributed by atoms with Crippen molar-refractivity contribution in [2.45, 2.75) is 45.1 Å². The average Bonchev–Trinajstić information content (AvgIpc) is 2.46. The number of benzene rings is 1. The van der Waals surface area contributed by atoms with Gasteiger partial charge in [0, 0.05) is 12.5 Å². The maximum atomic E-state index is 11.7. The van der Waals surface area contributed by atoms with Gasteiger partial charge in [-0.3, -0.25) is 4.79 Å². The Morgan fingerprint density at radius 1 is 1.09 bits per heavy atom. The van der Waals surface area contributed by atoms with Gasteiger partial charge in [-0.25, -0.2) is 4.79 Å². The third kappa shape index (κ3) is 4.42. The zero-order chi connectivity index (χ0) is 17.0. The van der Waals surface area contributed by atoms with Crippen molar-refractivity contribution in [1.29, 1.82) is 0 Å². The normalized spacial score (nSPS) is 11.6. The first-order valence-electron chi connectivity index (χ1n) is 7.24. The number of carbonyl (C=O) groups is 2. The first-order valence-corrected chi connectivity index (χ1v) is 7.24. The molecule has 0 fully saturated rings. The standard InChI is InChI=1S/C19H24O3/c1-7-16(20)13-18(3,4)14-10-9-11-15(12-14)19(5,6)22-17(21)8-2/h7-12H,1-2,13H2,3-6H3. The molecule has 0 aliphatic rings. The van der Waals surface area contributed by atoms with Crippen LogP contribution in [0.25, 0.3) is 0 Å². The number of hydrogen-bond donors (Lipinski definition) is 0. The van der Waals surface area contributed by atoms with E-state index in [1.54, 1.807) is 0 Å². The molecule has 0 saturated heterocycles. The highest BCUT2D eigenvalue weighted by molar-refractivity contribution is 5.90. The smallest absolute Gasteiger partial charge is 0.331 e. The van der Waals surface area contributed by atoms with Gasteiger partial charge < -0.3 is 4.74 Å². The van der Waals surface area contributed by atoms with Crippen molar-refractivity contribution in [3.05, 3.63) is 60.7 Å². The molecule has 0 unspecified atom stereocenters. The Bertz CT molecular complexity index is 545. The summed E-state index contributed by atoms with van der Waals surface area (Å²) in [5.41, 5.74) is 0.807. The zero-order valence-corrected chi connectivity index (χ0v) is 13.8. The van der Waals surface area contributed by atoms with Crippen LogP contribution < -0.4 is 0 Å². The summed E-state index contributed by atoms with van der Waals surface area (Å²) in [6.07, 6.45) is 2.88. The molecule has 118 valence electrons. The highest BCUT2D eigenvalue weighted by Gasteiger charge is 2.28. The van der Waals surface area contributed by atoms with Crippen LogP contribution in [0.5, 0.6) is 0 Å². The number of carbonyl (C=O) groups excluding carboxylic acids is 2. The molecule has 0 heterocycles. The summed E-state index contributed by atoms with van der Waals surface area (Å²) in [5.74, 6) is -0.454. The van der Waals surface area contributed by atoms with E-state index in [4.69, 9.17) is 4.74 Å². The van der Waals surface area contributed by atoms with Crippen LogP contribution in [0, 0.1) is 0 Å². The summed E-state index contributed by atoms with van der Waals surface area (Å²) >= 11 is 0. The molecule has 1 rings (SSSR count). The van der Waals surface area contributed by atoms with Crippen LogP contribution in [0.1, 0.15) is 45.2 Å². The fraction of sp³-hybridized carbons (Fsp3) is 0.368. The fourth-order valence-electron chi connectivity index (χ4n) is 2.28. The lowest BCUT2D eigenvalue weighted by Gasteiger charge is -2.29. The summed E-state index contributed by atoms with van der Waals surface area (Å²) in [6, 6.07) is 7.78. The van der Waals surface area contributed by atoms with Crippen LogP contribution in [0.15, 0.2) is 49.6 Å². The molecule has 1 aromatic rings. The van der Waals surface area contributed by atoms with Crippen LogP contribution in [-0.4, -0.2) is 11.8 Å². The van der Waals surface area contributed by atoms with E-state index in [-0.39, 0.29) is 11.2 Å². The maximum absolute atomic E-state index is 11.7. The number of esters is 1. The SMILES string of the molecule is C=CC(=O)CC(C)(C)c1cccc(C(C)(C)OC(=O)C=C)c1. The Hall–Kier alpha value is -2.16. The monoisotopic (exact) mass is 300 g/mol. The van der Waals surface area contributed by atoms with E-state index in [1.807, 2.05) is 52.0 Å². The molecule has 22 heavy (non-hydrogen) atoms. The lowest BCUT2D eigenvalue weighted by molar-refractivity contribution is -0.151. The largest absolute Gasteiger partial charge is 0.452 e. The summed E-state index contributed by atoms with van der Waals surface area (Å²) < 4.78 is 5.40. The Kier molecular flexibility index (Phi) is 5.48. The number of ether oxygens (including phenoxy) is 1. The molecule has 1 aromatic carbocycles. The average molecular weight is 300 g/mol. The van der Waals surface area contributed by atoms with Crippen LogP contribution in [0.4, 0.5) is 0 Å². The Morgan fingerprint density at radius 3 is 2.23 bits per heavy atom. The summed E-state index contributed by atoms with van der Waals surface area (Å²) in [4.78, 5) is 23.1. The van der Waals surface area contributed by atoms with E-state index in [0.29, 0.717) is 6.42 Å². The maximum Gasteiger partial charge on any atom is 0.331 e. The van der Waals surface area contributed by atoms with E-state index in [1.165, 1.54) is 6.08 Å². The first kappa shape index (κ1) is 17.9. The summed E-state index contributed by atoms with van der Waals surface area (Å²) in [7, 11) is 0. The van der Waals surface area contributed by atoms with Crippen molar-refractivity contribution in [1.82, 2.24) is 0 Å². The van der Waals surface area contributed by atoms with Gasteiger partial charge in [-0.1, -0.05) is 51.3 Å². The Balaban J connectivity index is 3.12. The third-order valence-corrected chi connectivity index (χ3v) is 3.71. The number of hydrogen-bond acceptors (Lipinski definition) is 3. The minimum absolute atomic E-state index is 0.00717. The fourth-order valence-corrected chi connectivity index (χ4v) is 2.28. The van der Waals surface area contributed by atoms with Gasteiger partial charge in [-0.05, 0) is 36.5 Å². The van der Waals surface area contributed by atoms with Crippen molar-refractivity contribution in [3.63, 3.8) is 0 Å². The molecule has 0 amide bonds. The minimum atomic E-state index is -0.764. The van der Waals surface area contributed by atoms with Crippen molar-refractivity contribution < 1.29 is 14.3 Å².